The zero-order valence-corrected chi connectivity index (χ0v) is 20.2. The maximum absolute atomic E-state index is 14.1. The van der Waals surface area contributed by atoms with Gasteiger partial charge in [-0.1, -0.05) is 48.5 Å². The van der Waals surface area contributed by atoms with E-state index in [1.54, 1.807) is 23.6 Å². The molecule has 2 aromatic carbocycles. The number of carbonyl (C=O) groups excluding carboxylic acids is 1. The van der Waals surface area contributed by atoms with Crippen molar-refractivity contribution in [3.05, 3.63) is 106 Å². The molecule has 1 N–H and O–H groups in total. The van der Waals surface area contributed by atoms with E-state index in [1.165, 1.54) is 10.7 Å². The standard InChI is InChI=1S/C28H23N5O4/c1-3-36-27(34)21-17(2)29-25-23(22(21)18-11-6-4-7-12-18)26-31-30-24(20-15-10-16-37-20)33(26)28(35)32(25)19-13-8-5-9-14-19/h4-17,29H,3H2,1-2H3. The number of fused-ring (bicyclic) bond motifs is 3. The summed E-state index contributed by atoms with van der Waals surface area (Å²) in [6.07, 6.45) is 1.52. The molecule has 1 unspecified atom stereocenters. The van der Waals surface area contributed by atoms with Crippen LogP contribution in [0.1, 0.15) is 25.0 Å². The van der Waals surface area contributed by atoms with Gasteiger partial charge in [0, 0.05) is 5.57 Å². The van der Waals surface area contributed by atoms with E-state index in [0.29, 0.717) is 39.6 Å². The van der Waals surface area contributed by atoms with Gasteiger partial charge in [0.05, 0.1) is 35.7 Å². The van der Waals surface area contributed by atoms with Crippen molar-refractivity contribution in [2.45, 2.75) is 19.9 Å². The summed E-state index contributed by atoms with van der Waals surface area (Å²) in [4.78, 5) is 27.4. The maximum Gasteiger partial charge on any atom is 0.342 e. The predicted molar refractivity (Wildman–Crippen MR) is 138 cm³/mol. The Morgan fingerprint density at radius 1 is 1.03 bits per heavy atom. The van der Waals surface area contributed by atoms with Crippen molar-refractivity contribution in [3.8, 4) is 17.3 Å². The van der Waals surface area contributed by atoms with Crippen LogP contribution in [0.4, 0.5) is 5.82 Å². The highest BCUT2D eigenvalue weighted by atomic mass is 16.5. The molecule has 5 aromatic rings. The van der Waals surface area contributed by atoms with Gasteiger partial charge in [0.1, 0.15) is 5.82 Å². The number of anilines is 1. The van der Waals surface area contributed by atoms with Crippen LogP contribution >= 0.6 is 0 Å². The number of para-hydroxylation sites is 1. The van der Waals surface area contributed by atoms with Gasteiger partial charge in [0.15, 0.2) is 11.4 Å². The molecule has 9 heteroatoms. The lowest BCUT2D eigenvalue weighted by Gasteiger charge is -2.31. The average Bonchev–Trinajstić information content (AvgIpc) is 3.60. The Labute approximate surface area is 211 Å². The van der Waals surface area contributed by atoms with Crippen LogP contribution in [0.5, 0.6) is 0 Å². The largest absolute Gasteiger partial charge is 0.463 e. The fourth-order valence-electron chi connectivity index (χ4n) is 4.81. The average molecular weight is 494 g/mol. The van der Waals surface area contributed by atoms with Gasteiger partial charge in [-0.2, -0.15) is 0 Å². The molecule has 1 atom stereocenters. The Hall–Kier alpha value is -4.92. The minimum absolute atomic E-state index is 0.233. The first-order valence-corrected chi connectivity index (χ1v) is 12.0. The molecule has 9 nitrogen and oxygen atoms in total. The topological polar surface area (TPSA) is 104 Å². The quantitative estimate of drug-likeness (QED) is 0.364. The molecule has 0 saturated carbocycles. The van der Waals surface area contributed by atoms with Gasteiger partial charge in [-0.3, -0.25) is 0 Å². The van der Waals surface area contributed by atoms with Crippen molar-refractivity contribution in [3.63, 3.8) is 0 Å². The Morgan fingerprint density at radius 3 is 2.43 bits per heavy atom. The van der Waals surface area contributed by atoms with Crippen LogP contribution in [0.15, 0.2) is 93.8 Å². The molecule has 1 aliphatic heterocycles. The molecule has 0 fully saturated rings. The maximum atomic E-state index is 14.1. The molecule has 37 heavy (non-hydrogen) atoms. The van der Waals surface area contributed by atoms with E-state index in [0.717, 1.165) is 5.56 Å². The summed E-state index contributed by atoms with van der Waals surface area (Å²) in [7, 11) is 0. The van der Waals surface area contributed by atoms with Crippen molar-refractivity contribution in [2.24, 2.45) is 0 Å². The number of rotatable bonds is 5. The van der Waals surface area contributed by atoms with Crippen LogP contribution in [0.3, 0.4) is 0 Å². The fraction of sp³-hybridized carbons (Fsp3) is 0.143. The highest BCUT2D eigenvalue weighted by Crippen LogP contribution is 2.41. The lowest BCUT2D eigenvalue weighted by molar-refractivity contribution is -0.138. The minimum atomic E-state index is -0.453. The molecule has 0 saturated heterocycles. The van der Waals surface area contributed by atoms with Crippen molar-refractivity contribution in [2.75, 3.05) is 11.9 Å². The summed E-state index contributed by atoms with van der Waals surface area (Å²) in [5.41, 5.74) is 3.03. The van der Waals surface area contributed by atoms with Crippen molar-refractivity contribution >= 4 is 23.0 Å². The van der Waals surface area contributed by atoms with E-state index in [4.69, 9.17) is 9.15 Å². The summed E-state index contributed by atoms with van der Waals surface area (Å²) >= 11 is 0. The van der Waals surface area contributed by atoms with Crippen LogP contribution in [-0.4, -0.2) is 37.8 Å². The third-order valence-electron chi connectivity index (χ3n) is 6.35. The summed E-state index contributed by atoms with van der Waals surface area (Å²) in [5, 5.41) is 12.2. The molecule has 6 rings (SSSR count). The number of nitrogens with zero attached hydrogens (tertiary/aromatic N) is 4. The molecule has 0 spiro atoms. The first kappa shape index (κ1) is 22.5. The fourth-order valence-corrected chi connectivity index (χ4v) is 4.81. The molecule has 0 amide bonds. The first-order valence-electron chi connectivity index (χ1n) is 12.0. The van der Waals surface area contributed by atoms with E-state index in [2.05, 4.69) is 15.5 Å². The lowest BCUT2D eigenvalue weighted by Crippen LogP contribution is -2.37. The van der Waals surface area contributed by atoms with E-state index in [9.17, 15) is 9.59 Å². The number of ether oxygens (including phenoxy) is 1. The number of hydrogen-bond acceptors (Lipinski definition) is 7. The molecule has 0 radical (unpaired) electrons. The highest BCUT2D eigenvalue weighted by Gasteiger charge is 2.36. The van der Waals surface area contributed by atoms with Crippen LogP contribution < -0.4 is 11.0 Å². The van der Waals surface area contributed by atoms with Gasteiger partial charge in [-0.25, -0.2) is 18.6 Å². The Morgan fingerprint density at radius 2 is 1.76 bits per heavy atom. The zero-order chi connectivity index (χ0) is 25.5. The molecular weight excluding hydrogens is 470 g/mol. The second kappa shape index (κ2) is 8.94. The number of benzene rings is 2. The van der Waals surface area contributed by atoms with Gasteiger partial charge in [-0.05, 0) is 43.7 Å². The third kappa shape index (κ3) is 3.55. The second-order valence-electron chi connectivity index (χ2n) is 8.58. The summed E-state index contributed by atoms with van der Waals surface area (Å²) in [5.74, 6) is 0.744. The van der Waals surface area contributed by atoms with Crippen molar-refractivity contribution in [1.82, 2.24) is 19.2 Å². The summed E-state index contributed by atoms with van der Waals surface area (Å²) in [6, 6.07) is 21.9. The Balaban J connectivity index is 1.80. The number of hydrogen-bond donors (Lipinski definition) is 1. The van der Waals surface area contributed by atoms with Crippen LogP contribution in [0.2, 0.25) is 0 Å². The zero-order valence-electron chi connectivity index (χ0n) is 20.2. The molecule has 4 heterocycles. The van der Waals surface area contributed by atoms with E-state index >= 15 is 0 Å². The Kier molecular flexibility index (Phi) is 5.45. The number of aromatic nitrogens is 4. The van der Waals surface area contributed by atoms with E-state index < -0.39 is 12.0 Å². The SMILES string of the molecule is CCOC(=O)C1=C(c2ccccc2)c2c(n(-c3ccccc3)c(=O)n3c(-c4ccco4)nnc23)NC1C. The van der Waals surface area contributed by atoms with Gasteiger partial charge in [0.25, 0.3) is 0 Å². The number of furan rings is 1. The monoisotopic (exact) mass is 493 g/mol. The van der Waals surface area contributed by atoms with Crippen LogP contribution in [0.25, 0.3) is 28.5 Å². The second-order valence-corrected chi connectivity index (χ2v) is 8.58. The molecule has 184 valence electrons. The lowest BCUT2D eigenvalue weighted by atomic mass is 9.87. The van der Waals surface area contributed by atoms with E-state index in [-0.39, 0.29) is 18.1 Å². The van der Waals surface area contributed by atoms with Gasteiger partial charge in [-0.15, -0.1) is 10.2 Å². The first-order chi connectivity index (χ1) is 18.1. The number of nitrogens with one attached hydrogen (secondary N) is 1. The van der Waals surface area contributed by atoms with Crippen LogP contribution in [0, 0.1) is 0 Å². The number of esters is 1. The van der Waals surface area contributed by atoms with E-state index in [1.807, 2.05) is 67.6 Å². The minimum Gasteiger partial charge on any atom is -0.463 e. The predicted octanol–water partition coefficient (Wildman–Crippen LogP) is 4.32. The van der Waals surface area contributed by atoms with Crippen molar-refractivity contribution in [1.29, 1.82) is 0 Å². The molecule has 0 bridgehead atoms. The summed E-state index contributed by atoms with van der Waals surface area (Å²) in [6.45, 7) is 3.88. The van der Waals surface area contributed by atoms with Crippen molar-refractivity contribution < 1.29 is 13.9 Å². The normalized spacial score (nSPS) is 14.9. The summed E-state index contributed by atoms with van der Waals surface area (Å²) < 4.78 is 14.1. The Bertz CT molecular complexity index is 1700. The van der Waals surface area contributed by atoms with Gasteiger partial charge in [0.2, 0.25) is 5.82 Å². The van der Waals surface area contributed by atoms with Gasteiger partial charge < -0.3 is 14.5 Å². The smallest absolute Gasteiger partial charge is 0.342 e. The third-order valence-corrected chi connectivity index (χ3v) is 6.35. The van der Waals surface area contributed by atoms with Crippen LogP contribution in [-0.2, 0) is 9.53 Å². The molecule has 3 aromatic heterocycles. The van der Waals surface area contributed by atoms with Gasteiger partial charge >= 0.3 is 11.7 Å². The molecule has 1 aliphatic rings. The molecular formula is C28H23N5O4. The molecule has 0 aliphatic carbocycles. The number of carbonyl (C=O) groups is 1. The highest BCUT2D eigenvalue weighted by molar-refractivity contribution is 6.08.